The van der Waals surface area contributed by atoms with Crippen molar-refractivity contribution in [3.05, 3.63) is 16.4 Å². The highest BCUT2D eigenvalue weighted by Gasteiger charge is 2.29. The van der Waals surface area contributed by atoms with Crippen LogP contribution in [0.15, 0.2) is 15.7 Å². The van der Waals surface area contributed by atoms with Gasteiger partial charge in [-0.1, -0.05) is 0 Å². The first-order valence-electron chi connectivity index (χ1n) is 3.74. The van der Waals surface area contributed by atoms with Crippen LogP contribution in [0.5, 0.6) is 5.75 Å². The number of hydrogen-bond donors (Lipinski definition) is 0. The number of halogens is 4. The van der Waals surface area contributed by atoms with E-state index in [4.69, 9.17) is 10.7 Å². The summed E-state index contributed by atoms with van der Waals surface area (Å²) in [5.41, 5.74) is -0.806. The lowest BCUT2D eigenvalue weighted by Crippen LogP contribution is -2.04. The molecule has 9 heteroatoms. The zero-order valence-electron chi connectivity index (χ0n) is 7.75. The minimum atomic E-state index is -4.34. The summed E-state index contributed by atoms with van der Waals surface area (Å²) in [6.45, 7) is 0. The van der Waals surface area contributed by atoms with Gasteiger partial charge in [0, 0.05) is 10.7 Å². The van der Waals surface area contributed by atoms with Gasteiger partial charge in [0.05, 0.1) is 18.9 Å². The van der Waals surface area contributed by atoms with Gasteiger partial charge in [-0.05, 0) is 15.9 Å². The summed E-state index contributed by atoms with van der Waals surface area (Å²) < 4.78 is 52.1. The molecule has 90 valence electrons. The molecule has 1 heterocycles. The van der Waals surface area contributed by atoms with Crippen LogP contribution in [-0.4, -0.2) is 20.5 Å². The average molecular weight is 337 g/mol. The number of rotatable bonds is 3. The molecule has 0 unspecified atom stereocenters. The molecule has 0 fully saturated rings. The van der Waals surface area contributed by atoms with Gasteiger partial charge in [-0.2, -0.15) is 0 Å². The quantitative estimate of drug-likeness (QED) is 0.629. The van der Waals surface area contributed by atoms with Crippen LogP contribution in [0.25, 0.3) is 0 Å². The summed E-state index contributed by atoms with van der Waals surface area (Å²) in [4.78, 5) is 2.78. The summed E-state index contributed by atoms with van der Waals surface area (Å²) in [6, 6.07) is 0. The largest absolute Gasteiger partial charge is 0.495 e. The first-order valence-corrected chi connectivity index (χ1v) is 6.84. The van der Waals surface area contributed by atoms with Gasteiger partial charge in [0.1, 0.15) is 15.2 Å². The van der Waals surface area contributed by atoms with Gasteiger partial charge in [-0.3, -0.25) is 0 Å². The highest BCUT2D eigenvalue weighted by atomic mass is 79.9. The second kappa shape index (κ2) is 4.80. The zero-order valence-corrected chi connectivity index (χ0v) is 10.9. The molecule has 0 amide bonds. The third-order valence-corrected chi connectivity index (χ3v) is 3.90. The Kier molecular flexibility index (Phi) is 4.08. The van der Waals surface area contributed by atoms with E-state index in [0.717, 1.165) is 13.3 Å². The van der Waals surface area contributed by atoms with Crippen molar-refractivity contribution in [1.82, 2.24) is 4.98 Å². The molecular weight excluding hydrogens is 332 g/mol. The highest BCUT2D eigenvalue weighted by Crippen LogP contribution is 2.38. The molecule has 0 spiro atoms. The molecule has 0 N–H and O–H groups in total. The Morgan fingerprint density at radius 3 is 2.50 bits per heavy atom. The average Bonchev–Trinajstić information content (AvgIpc) is 2.15. The summed E-state index contributed by atoms with van der Waals surface area (Å²) >= 11 is 2.75. The molecule has 1 aromatic heterocycles. The Bertz CT molecular complexity index is 509. The summed E-state index contributed by atoms with van der Waals surface area (Å²) in [7, 11) is 1.84. The SMILES string of the molecule is COc1cnc(Br)c(S(=O)(=O)Cl)c1C(F)F. The van der Waals surface area contributed by atoms with Crippen molar-refractivity contribution < 1.29 is 21.9 Å². The second-order valence-corrected chi connectivity index (χ2v) is 5.85. The number of nitrogens with zero attached hydrogens (tertiary/aromatic N) is 1. The molecule has 1 aromatic rings. The number of methoxy groups -OCH3 is 1. The fraction of sp³-hybridized carbons (Fsp3) is 0.286. The van der Waals surface area contributed by atoms with E-state index >= 15 is 0 Å². The topological polar surface area (TPSA) is 56.3 Å². The maximum absolute atomic E-state index is 12.7. The van der Waals surface area contributed by atoms with Crippen LogP contribution >= 0.6 is 26.6 Å². The Hall–Kier alpha value is -0.470. The van der Waals surface area contributed by atoms with Crippen molar-refractivity contribution >= 4 is 35.7 Å². The minimum Gasteiger partial charge on any atom is -0.495 e. The summed E-state index contributed by atoms with van der Waals surface area (Å²) in [6.07, 6.45) is -2.06. The van der Waals surface area contributed by atoms with E-state index in [1.54, 1.807) is 0 Å². The molecule has 16 heavy (non-hydrogen) atoms. The summed E-state index contributed by atoms with van der Waals surface area (Å²) in [5, 5.41) is 0. The normalized spacial score (nSPS) is 11.9. The summed E-state index contributed by atoms with van der Waals surface area (Å²) in [5.74, 6) is -0.336. The minimum absolute atomic E-state index is 0.279. The predicted molar refractivity (Wildman–Crippen MR) is 56.5 cm³/mol. The van der Waals surface area contributed by atoms with Crippen LogP contribution in [-0.2, 0) is 9.05 Å². The lowest BCUT2D eigenvalue weighted by atomic mass is 10.2. The van der Waals surface area contributed by atoms with Gasteiger partial charge in [-0.15, -0.1) is 0 Å². The monoisotopic (exact) mass is 335 g/mol. The van der Waals surface area contributed by atoms with E-state index < -0.39 is 25.9 Å². The van der Waals surface area contributed by atoms with Crippen LogP contribution in [0, 0.1) is 0 Å². The van der Waals surface area contributed by atoms with Gasteiger partial charge in [0.2, 0.25) is 0 Å². The molecule has 0 saturated heterocycles. The fourth-order valence-electron chi connectivity index (χ4n) is 1.07. The Labute approximate surface area is 103 Å². The van der Waals surface area contributed by atoms with Crippen molar-refractivity contribution in [2.24, 2.45) is 0 Å². The predicted octanol–water partition coefficient (Wildman–Crippen LogP) is 2.72. The molecule has 0 aliphatic carbocycles. The molecule has 0 saturated carbocycles. The first kappa shape index (κ1) is 13.6. The molecule has 0 aromatic carbocycles. The molecule has 0 aliphatic heterocycles. The van der Waals surface area contributed by atoms with E-state index in [1.807, 2.05) is 0 Å². The van der Waals surface area contributed by atoms with Crippen LogP contribution in [0.3, 0.4) is 0 Å². The van der Waals surface area contributed by atoms with Gasteiger partial charge >= 0.3 is 0 Å². The van der Waals surface area contributed by atoms with E-state index in [-0.39, 0.29) is 10.4 Å². The first-order chi connectivity index (χ1) is 7.29. The third kappa shape index (κ3) is 2.61. The van der Waals surface area contributed by atoms with E-state index in [0.29, 0.717) is 0 Å². The number of alkyl halides is 2. The number of ether oxygens (including phenoxy) is 1. The van der Waals surface area contributed by atoms with E-state index in [1.165, 1.54) is 0 Å². The number of hydrogen-bond acceptors (Lipinski definition) is 4. The van der Waals surface area contributed by atoms with Gasteiger partial charge in [-0.25, -0.2) is 22.2 Å². The zero-order chi connectivity index (χ0) is 12.5. The standard InChI is InChI=1S/C7H5BrClF2NO3S/c1-15-3-2-12-6(8)5(16(9,13)14)4(3)7(10)11/h2,7H,1H3. The van der Waals surface area contributed by atoms with Crippen LogP contribution in [0.2, 0.25) is 0 Å². The smallest absolute Gasteiger partial charge is 0.268 e. The van der Waals surface area contributed by atoms with Gasteiger partial charge in [0.15, 0.2) is 0 Å². The lowest BCUT2D eigenvalue weighted by Gasteiger charge is -2.11. The van der Waals surface area contributed by atoms with E-state index in [2.05, 4.69) is 25.7 Å². The van der Waals surface area contributed by atoms with Crippen molar-refractivity contribution in [1.29, 1.82) is 0 Å². The van der Waals surface area contributed by atoms with Gasteiger partial charge in [0.25, 0.3) is 15.5 Å². The Morgan fingerprint density at radius 2 is 2.12 bits per heavy atom. The molecule has 1 rings (SSSR count). The van der Waals surface area contributed by atoms with Crippen LogP contribution in [0.1, 0.15) is 12.0 Å². The number of aromatic nitrogens is 1. The Morgan fingerprint density at radius 1 is 1.56 bits per heavy atom. The molecule has 0 aliphatic rings. The molecule has 4 nitrogen and oxygen atoms in total. The van der Waals surface area contributed by atoms with Crippen molar-refractivity contribution in [2.45, 2.75) is 11.3 Å². The third-order valence-electron chi connectivity index (χ3n) is 1.67. The van der Waals surface area contributed by atoms with Gasteiger partial charge < -0.3 is 4.74 Å². The molecule has 0 atom stereocenters. The van der Waals surface area contributed by atoms with Crippen molar-refractivity contribution in [3.63, 3.8) is 0 Å². The second-order valence-electron chi connectivity index (χ2n) is 2.60. The molecular formula is C7H5BrClF2NO3S. The fourth-order valence-corrected chi connectivity index (χ4v) is 3.48. The Balaban J connectivity index is 3.69. The lowest BCUT2D eigenvalue weighted by molar-refractivity contribution is 0.143. The molecule has 0 radical (unpaired) electrons. The maximum atomic E-state index is 12.7. The molecule has 0 bridgehead atoms. The van der Waals surface area contributed by atoms with Crippen LogP contribution < -0.4 is 4.74 Å². The van der Waals surface area contributed by atoms with E-state index in [9.17, 15) is 17.2 Å². The van der Waals surface area contributed by atoms with Crippen molar-refractivity contribution in [3.8, 4) is 5.75 Å². The highest BCUT2D eigenvalue weighted by molar-refractivity contribution is 9.10. The van der Waals surface area contributed by atoms with Crippen LogP contribution in [0.4, 0.5) is 8.78 Å². The maximum Gasteiger partial charge on any atom is 0.268 e. The van der Waals surface area contributed by atoms with Crippen molar-refractivity contribution in [2.75, 3.05) is 7.11 Å². The number of pyridine rings is 1.